The number of likely N-dealkylation sites (tertiary alicyclic amines) is 1. The van der Waals surface area contributed by atoms with Gasteiger partial charge in [-0.2, -0.15) is 0 Å². The van der Waals surface area contributed by atoms with Crippen molar-refractivity contribution in [3.63, 3.8) is 0 Å². The van der Waals surface area contributed by atoms with Crippen LogP contribution in [-0.4, -0.2) is 34.6 Å². The Morgan fingerprint density at radius 1 is 1.07 bits per heavy atom. The zero-order valence-corrected chi connectivity index (χ0v) is 17.1. The molecule has 0 saturated carbocycles. The van der Waals surface area contributed by atoms with E-state index in [2.05, 4.69) is 11.8 Å². The first kappa shape index (κ1) is 19.6. The van der Waals surface area contributed by atoms with E-state index in [1.54, 1.807) is 17.2 Å². The molecule has 5 nitrogen and oxygen atoms in total. The van der Waals surface area contributed by atoms with Crippen LogP contribution in [0.1, 0.15) is 44.1 Å². The van der Waals surface area contributed by atoms with Gasteiger partial charge in [0.05, 0.1) is 18.8 Å². The molecule has 1 fully saturated rings. The van der Waals surface area contributed by atoms with Gasteiger partial charge in [-0.05, 0) is 56.5 Å². The summed E-state index contributed by atoms with van der Waals surface area (Å²) in [6, 6.07) is 13.4. The summed E-state index contributed by atoms with van der Waals surface area (Å²) < 4.78 is 5.45. The number of nitrogens with zero attached hydrogens (tertiary/aromatic N) is 2. The molecule has 2 aliphatic heterocycles. The predicted octanol–water partition coefficient (Wildman–Crippen LogP) is 4.18. The number of hydrogen-bond acceptors (Lipinski definition) is 4. The lowest BCUT2D eigenvalue weighted by atomic mass is 9.83. The fourth-order valence-electron chi connectivity index (χ4n) is 4.46. The molecule has 0 aliphatic carbocycles. The van der Waals surface area contributed by atoms with Crippen molar-refractivity contribution in [2.24, 2.45) is 11.8 Å². The first-order valence-electron chi connectivity index (χ1n) is 10.4. The number of piperidine rings is 1. The second kappa shape index (κ2) is 8.37. The predicted molar refractivity (Wildman–Crippen MR) is 111 cm³/mol. The number of amides is 1. The lowest BCUT2D eigenvalue weighted by Gasteiger charge is -2.42. The molecular formula is C24H28N2O3. The Balaban J connectivity index is 1.69. The van der Waals surface area contributed by atoms with Crippen molar-refractivity contribution >= 4 is 11.7 Å². The molecule has 29 heavy (non-hydrogen) atoms. The van der Waals surface area contributed by atoms with E-state index >= 15 is 0 Å². The topological polar surface area (TPSA) is 53.8 Å². The molecule has 1 amide bonds. The molecule has 1 saturated heterocycles. The highest BCUT2D eigenvalue weighted by Gasteiger charge is 2.44. The molecule has 152 valence electrons. The van der Waals surface area contributed by atoms with Crippen LogP contribution >= 0.6 is 0 Å². The van der Waals surface area contributed by atoms with Gasteiger partial charge in [0.2, 0.25) is 5.91 Å². The zero-order valence-electron chi connectivity index (χ0n) is 17.1. The molecule has 4 rings (SSSR count). The Bertz CT molecular complexity index is 880. The van der Waals surface area contributed by atoms with E-state index in [9.17, 15) is 9.59 Å². The summed E-state index contributed by atoms with van der Waals surface area (Å²) in [5.41, 5.74) is 1.70. The highest BCUT2D eigenvalue weighted by atomic mass is 16.3. The highest BCUT2D eigenvalue weighted by molar-refractivity contribution is 6.10. The molecule has 3 heterocycles. The lowest BCUT2D eigenvalue weighted by Crippen LogP contribution is -2.50. The molecule has 0 spiro atoms. The van der Waals surface area contributed by atoms with Gasteiger partial charge in [0.25, 0.3) is 0 Å². The second-order valence-electron chi connectivity index (χ2n) is 8.24. The van der Waals surface area contributed by atoms with Crippen molar-refractivity contribution in [2.75, 3.05) is 13.1 Å². The molecule has 0 bridgehead atoms. The van der Waals surface area contributed by atoms with Gasteiger partial charge < -0.3 is 9.32 Å². The van der Waals surface area contributed by atoms with E-state index in [0.717, 1.165) is 31.5 Å². The minimum Gasteiger partial charge on any atom is -0.467 e. The van der Waals surface area contributed by atoms with E-state index in [0.29, 0.717) is 23.9 Å². The average Bonchev–Trinajstić information content (AvgIpc) is 3.23. The van der Waals surface area contributed by atoms with Crippen LogP contribution in [-0.2, 0) is 16.1 Å². The fraction of sp³-hybridized carbons (Fsp3) is 0.417. The first-order chi connectivity index (χ1) is 14.0. The van der Waals surface area contributed by atoms with Gasteiger partial charge in [-0.15, -0.1) is 0 Å². The second-order valence-corrected chi connectivity index (χ2v) is 8.24. The van der Waals surface area contributed by atoms with E-state index < -0.39 is 5.92 Å². The van der Waals surface area contributed by atoms with E-state index in [1.807, 2.05) is 49.4 Å². The molecular weight excluding hydrogens is 364 g/mol. The smallest absolute Gasteiger partial charge is 0.240 e. The SMILES string of the molecule is CC1=CC(=O)C(C(c2ccccc2)N2CCC(C)CC2)C(=O)N1Cc1ccco1. The van der Waals surface area contributed by atoms with Gasteiger partial charge in [-0.1, -0.05) is 37.3 Å². The third-order valence-corrected chi connectivity index (χ3v) is 6.18. The van der Waals surface area contributed by atoms with Crippen molar-refractivity contribution in [3.8, 4) is 0 Å². The van der Waals surface area contributed by atoms with Gasteiger partial charge in [0.15, 0.2) is 5.78 Å². The summed E-state index contributed by atoms with van der Waals surface area (Å²) in [6.07, 6.45) is 5.40. The van der Waals surface area contributed by atoms with Crippen LogP contribution in [0, 0.1) is 11.8 Å². The number of allylic oxidation sites excluding steroid dienone is 2. The van der Waals surface area contributed by atoms with Crippen LogP contribution in [0.3, 0.4) is 0 Å². The third kappa shape index (κ3) is 4.06. The molecule has 5 heteroatoms. The summed E-state index contributed by atoms with van der Waals surface area (Å²) >= 11 is 0. The number of hydrogen-bond donors (Lipinski definition) is 0. The minimum atomic E-state index is -0.732. The van der Waals surface area contributed by atoms with Crippen LogP contribution in [0.25, 0.3) is 0 Å². The molecule has 2 unspecified atom stereocenters. The Morgan fingerprint density at radius 2 is 1.79 bits per heavy atom. The fourth-order valence-corrected chi connectivity index (χ4v) is 4.46. The van der Waals surface area contributed by atoms with Crippen molar-refractivity contribution in [1.29, 1.82) is 0 Å². The number of benzene rings is 1. The maximum Gasteiger partial charge on any atom is 0.240 e. The number of carbonyl (C=O) groups is 2. The number of carbonyl (C=O) groups excluding carboxylic acids is 2. The van der Waals surface area contributed by atoms with E-state index in [1.165, 1.54) is 0 Å². The van der Waals surface area contributed by atoms with Crippen molar-refractivity contribution in [2.45, 2.75) is 39.3 Å². The Hall–Kier alpha value is -2.66. The minimum absolute atomic E-state index is 0.101. The first-order valence-corrected chi connectivity index (χ1v) is 10.4. The van der Waals surface area contributed by atoms with E-state index in [4.69, 9.17) is 4.42 Å². The number of furan rings is 1. The van der Waals surface area contributed by atoms with Gasteiger partial charge in [0.1, 0.15) is 11.7 Å². The molecule has 2 aliphatic rings. The monoisotopic (exact) mass is 392 g/mol. The summed E-state index contributed by atoms with van der Waals surface area (Å²) in [5, 5.41) is 0. The Labute approximate surface area is 172 Å². The largest absolute Gasteiger partial charge is 0.467 e. The average molecular weight is 392 g/mol. The lowest BCUT2D eigenvalue weighted by molar-refractivity contribution is -0.144. The normalized spacial score (nSPS) is 22.6. The van der Waals surface area contributed by atoms with Crippen LogP contribution in [0.4, 0.5) is 0 Å². The zero-order chi connectivity index (χ0) is 20.4. The standard InChI is InChI=1S/C24H28N2O3/c1-17-10-12-25(13-11-17)23(19-7-4-3-5-8-19)22-21(27)15-18(2)26(24(22)28)16-20-9-6-14-29-20/h3-9,14-15,17,22-23H,10-13,16H2,1-2H3. The van der Waals surface area contributed by atoms with Crippen molar-refractivity contribution < 1.29 is 14.0 Å². The van der Waals surface area contributed by atoms with Crippen LogP contribution in [0.5, 0.6) is 0 Å². The summed E-state index contributed by atoms with van der Waals surface area (Å²) in [6.45, 7) is 6.23. The number of ketones is 1. The Kier molecular flexibility index (Phi) is 5.67. The molecule has 1 aromatic carbocycles. The van der Waals surface area contributed by atoms with Crippen LogP contribution in [0.15, 0.2) is 64.9 Å². The number of rotatable bonds is 5. The van der Waals surface area contributed by atoms with Gasteiger partial charge in [0, 0.05) is 11.8 Å². The maximum atomic E-state index is 13.6. The quantitative estimate of drug-likeness (QED) is 0.716. The molecule has 0 N–H and O–H groups in total. The highest BCUT2D eigenvalue weighted by Crippen LogP contribution is 2.37. The summed E-state index contributed by atoms with van der Waals surface area (Å²) in [5.74, 6) is 0.416. The van der Waals surface area contributed by atoms with Crippen LogP contribution < -0.4 is 0 Å². The van der Waals surface area contributed by atoms with Crippen LogP contribution in [0.2, 0.25) is 0 Å². The summed E-state index contributed by atoms with van der Waals surface area (Å²) in [7, 11) is 0. The van der Waals surface area contributed by atoms with Gasteiger partial charge >= 0.3 is 0 Å². The van der Waals surface area contributed by atoms with E-state index in [-0.39, 0.29) is 17.7 Å². The molecule has 1 aromatic heterocycles. The van der Waals surface area contributed by atoms with Crippen molar-refractivity contribution in [3.05, 3.63) is 71.8 Å². The molecule has 2 aromatic rings. The van der Waals surface area contributed by atoms with Gasteiger partial charge in [-0.25, -0.2) is 0 Å². The Morgan fingerprint density at radius 3 is 2.45 bits per heavy atom. The molecule has 2 atom stereocenters. The maximum absolute atomic E-state index is 13.6. The van der Waals surface area contributed by atoms with Crippen molar-refractivity contribution in [1.82, 2.24) is 9.80 Å². The van der Waals surface area contributed by atoms with Gasteiger partial charge in [-0.3, -0.25) is 14.5 Å². The third-order valence-electron chi connectivity index (χ3n) is 6.18. The summed E-state index contributed by atoms with van der Waals surface area (Å²) in [4.78, 5) is 30.7. The molecule has 0 radical (unpaired) electrons.